The van der Waals surface area contributed by atoms with Crippen LogP contribution in [-0.4, -0.2) is 37.6 Å². The summed E-state index contributed by atoms with van der Waals surface area (Å²) in [4.78, 5) is 28.3. The molecule has 1 heterocycles. The minimum absolute atomic E-state index is 0.0866. The number of thiazole rings is 1. The first-order valence-corrected chi connectivity index (χ1v) is 10.5. The first kappa shape index (κ1) is 19.0. The molecule has 0 aliphatic heterocycles. The SMILES string of the molecule is CCOC(=O)c1ccc2nc(NC(=O)CS(=O)(=O)c3ccccc3)sc2c1. The number of ether oxygens (including phenoxy) is 1. The number of benzene rings is 2. The summed E-state index contributed by atoms with van der Waals surface area (Å²) in [5.74, 6) is -1.79. The van der Waals surface area contributed by atoms with Gasteiger partial charge in [0.05, 0.1) is 27.3 Å². The fraction of sp³-hybridized carbons (Fsp3) is 0.167. The molecule has 3 rings (SSSR count). The number of anilines is 1. The number of aromatic nitrogens is 1. The van der Waals surface area contributed by atoms with E-state index in [1.54, 1.807) is 43.3 Å². The summed E-state index contributed by atoms with van der Waals surface area (Å²) in [7, 11) is -3.73. The minimum atomic E-state index is -3.73. The van der Waals surface area contributed by atoms with E-state index in [-0.39, 0.29) is 16.6 Å². The van der Waals surface area contributed by atoms with Crippen LogP contribution in [-0.2, 0) is 19.4 Å². The predicted molar refractivity (Wildman–Crippen MR) is 103 cm³/mol. The van der Waals surface area contributed by atoms with E-state index in [2.05, 4.69) is 10.3 Å². The van der Waals surface area contributed by atoms with E-state index in [4.69, 9.17) is 4.74 Å². The number of nitrogens with one attached hydrogen (secondary N) is 1. The summed E-state index contributed by atoms with van der Waals surface area (Å²) in [6.45, 7) is 2.00. The summed E-state index contributed by atoms with van der Waals surface area (Å²) < 4.78 is 30.1. The van der Waals surface area contributed by atoms with E-state index < -0.39 is 27.5 Å². The number of nitrogens with zero attached hydrogens (tertiary/aromatic N) is 1. The van der Waals surface area contributed by atoms with E-state index in [0.29, 0.717) is 15.8 Å². The number of amides is 1. The van der Waals surface area contributed by atoms with Crippen LogP contribution in [0.3, 0.4) is 0 Å². The molecular weight excluding hydrogens is 388 g/mol. The highest BCUT2D eigenvalue weighted by molar-refractivity contribution is 7.92. The third-order valence-electron chi connectivity index (χ3n) is 3.57. The van der Waals surface area contributed by atoms with Crippen molar-refractivity contribution in [1.82, 2.24) is 4.98 Å². The topological polar surface area (TPSA) is 102 Å². The number of sulfone groups is 1. The van der Waals surface area contributed by atoms with Crippen molar-refractivity contribution < 1.29 is 22.7 Å². The van der Waals surface area contributed by atoms with Gasteiger partial charge < -0.3 is 10.1 Å². The molecule has 1 N–H and O–H groups in total. The lowest BCUT2D eigenvalue weighted by molar-refractivity contribution is -0.113. The van der Waals surface area contributed by atoms with Crippen LogP contribution in [0.2, 0.25) is 0 Å². The molecule has 0 atom stereocenters. The molecule has 9 heteroatoms. The van der Waals surface area contributed by atoms with Crippen LogP contribution in [0, 0.1) is 0 Å². The molecule has 7 nitrogen and oxygen atoms in total. The van der Waals surface area contributed by atoms with Gasteiger partial charge in [-0.1, -0.05) is 29.5 Å². The van der Waals surface area contributed by atoms with Gasteiger partial charge in [0.15, 0.2) is 15.0 Å². The van der Waals surface area contributed by atoms with E-state index >= 15 is 0 Å². The Bertz CT molecular complexity index is 1090. The summed E-state index contributed by atoms with van der Waals surface area (Å²) in [5, 5.41) is 2.77. The number of fused-ring (bicyclic) bond motifs is 1. The molecule has 140 valence electrons. The zero-order chi connectivity index (χ0) is 19.4. The molecule has 1 amide bonds. The van der Waals surface area contributed by atoms with Crippen LogP contribution >= 0.6 is 11.3 Å². The molecule has 0 bridgehead atoms. The van der Waals surface area contributed by atoms with Crippen LogP contribution in [0.15, 0.2) is 53.4 Å². The Balaban J connectivity index is 1.74. The summed E-state index contributed by atoms with van der Waals surface area (Å²) in [5.41, 5.74) is 0.979. The molecule has 0 aliphatic rings. The van der Waals surface area contributed by atoms with Crippen LogP contribution in [0.5, 0.6) is 0 Å². The molecule has 0 aliphatic carbocycles. The molecule has 2 aromatic carbocycles. The van der Waals surface area contributed by atoms with Gasteiger partial charge in [-0.15, -0.1) is 0 Å². The van der Waals surface area contributed by atoms with Gasteiger partial charge in [0.2, 0.25) is 5.91 Å². The smallest absolute Gasteiger partial charge is 0.338 e. The molecule has 0 saturated carbocycles. The fourth-order valence-corrected chi connectivity index (χ4v) is 4.44. The third-order valence-corrected chi connectivity index (χ3v) is 6.14. The first-order chi connectivity index (χ1) is 12.9. The largest absolute Gasteiger partial charge is 0.462 e. The number of carbonyl (C=O) groups is 2. The molecule has 0 spiro atoms. The Morgan fingerprint density at radius 3 is 2.59 bits per heavy atom. The van der Waals surface area contributed by atoms with Crippen LogP contribution in [0.1, 0.15) is 17.3 Å². The van der Waals surface area contributed by atoms with Gasteiger partial charge in [-0.2, -0.15) is 0 Å². The normalized spacial score (nSPS) is 11.3. The van der Waals surface area contributed by atoms with Gasteiger partial charge in [0.25, 0.3) is 0 Å². The average molecular weight is 404 g/mol. The van der Waals surface area contributed by atoms with Gasteiger partial charge >= 0.3 is 5.97 Å². The van der Waals surface area contributed by atoms with Gasteiger partial charge in [-0.3, -0.25) is 4.79 Å². The second kappa shape index (κ2) is 7.85. The fourth-order valence-electron chi connectivity index (χ4n) is 2.36. The maximum atomic E-state index is 12.3. The van der Waals surface area contributed by atoms with Crippen LogP contribution < -0.4 is 5.32 Å². The van der Waals surface area contributed by atoms with Gasteiger partial charge in [-0.25, -0.2) is 18.2 Å². The monoisotopic (exact) mass is 404 g/mol. The standard InChI is InChI=1S/C18H16N2O5S2/c1-2-25-17(22)12-8-9-14-15(10-12)26-18(19-14)20-16(21)11-27(23,24)13-6-4-3-5-7-13/h3-10H,2,11H2,1H3,(H,19,20,21). The molecule has 3 aromatic rings. The maximum Gasteiger partial charge on any atom is 0.338 e. The average Bonchev–Trinajstić information content (AvgIpc) is 3.03. The minimum Gasteiger partial charge on any atom is -0.462 e. The van der Waals surface area contributed by atoms with Gasteiger partial charge in [-0.05, 0) is 37.3 Å². The van der Waals surface area contributed by atoms with Crippen LogP contribution in [0.4, 0.5) is 5.13 Å². The maximum absolute atomic E-state index is 12.3. The van der Waals surface area contributed by atoms with Gasteiger partial charge in [0, 0.05) is 0 Å². The van der Waals surface area contributed by atoms with E-state index in [1.165, 1.54) is 12.1 Å². The van der Waals surface area contributed by atoms with Crippen molar-refractivity contribution in [1.29, 1.82) is 0 Å². The zero-order valence-electron chi connectivity index (χ0n) is 14.3. The molecule has 0 fully saturated rings. The highest BCUT2D eigenvalue weighted by Gasteiger charge is 2.20. The number of rotatable bonds is 6. The second-order valence-corrected chi connectivity index (χ2v) is 8.56. The van der Waals surface area contributed by atoms with Gasteiger partial charge in [0.1, 0.15) is 5.75 Å². The van der Waals surface area contributed by atoms with Crippen molar-refractivity contribution in [2.45, 2.75) is 11.8 Å². The zero-order valence-corrected chi connectivity index (χ0v) is 16.0. The highest BCUT2D eigenvalue weighted by atomic mass is 32.2. The number of carbonyl (C=O) groups excluding carboxylic acids is 2. The van der Waals surface area contributed by atoms with Crippen molar-refractivity contribution in [3.05, 3.63) is 54.1 Å². The molecular formula is C18H16N2O5S2. The summed E-state index contributed by atoms with van der Waals surface area (Å²) >= 11 is 1.15. The Labute approximate surface area is 159 Å². The van der Waals surface area contributed by atoms with E-state index in [1.807, 2.05) is 0 Å². The lowest BCUT2D eigenvalue weighted by atomic mass is 10.2. The molecule has 0 saturated heterocycles. The number of esters is 1. The third kappa shape index (κ3) is 4.50. The van der Waals surface area contributed by atoms with Crippen molar-refractivity contribution in [3.63, 3.8) is 0 Å². The van der Waals surface area contributed by atoms with E-state index in [9.17, 15) is 18.0 Å². The first-order valence-electron chi connectivity index (χ1n) is 8.04. The number of hydrogen-bond acceptors (Lipinski definition) is 7. The Kier molecular flexibility index (Phi) is 5.52. The summed E-state index contributed by atoms with van der Waals surface area (Å²) in [6.07, 6.45) is 0. The number of hydrogen-bond donors (Lipinski definition) is 1. The highest BCUT2D eigenvalue weighted by Crippen LogP contribution is 2.27. The summed E-state index contributed by atoms with van der Waals surface area (Å²) in [6, 6.07) is 12.6. The predicted octanol–water partition coefficient (Wildman–Crippen LogP) is 2.89. The van der Waals surface area contributed by atoms with Crippen molar-refractivity contribution in [2.75, 3.05) is 17.7 Å². The molecule has 0 radical (unpaired) electrons. The quantitative estimate of drug-likeness (QED) is 0.634. The second-order valence-electron chi connectivity index (χ2n) is 5.54. The lowest BCUT2D eigenvalue weighted by Gasteiger charge is -2.04. The van der Waals surface area contributed by atoms with Crippen molar-refractivity contribution in [2.24, 2.45) is 0 Å². The molecule has 1 aromatic heterocycles. The molecule has 0 unspecified atom stereocenters. The van der Waals surface area contributed by atoms with Crippen molar-refractivity contribution >= 4 is 48.4 Å². The lowest BCUT2D eigenvalue weighted by Crippen LogP contribution is -2.22. The molecule has 27 heavy (non-hydrogen) atoms. The Morgan fingerprint density at radius 2 is 1.89 bits per heavy atom. The Hall–Kier alpha value is -2.78. The van der Waals surface area contributed by atoms with Crippen molar-refractivity contribution in [3.8, 4) is 0 Å². The van der Waals surface area contributed by atoms with Crippen LogP contribution in [0.25, 0.3) is 10.2 Å². The van der Waals surface area contributed by atoms with E-state index in [0.717, 1.165) is 11.3 Å². The Morgan fingerprint density at radius 1 is 1.15 bits per heavy atom.